The summed E-state index contributed by atoms with van der Waals surface area (Å²) < 4.78 is 12.4. The molecule has 1 aromatic rings. The van der Waals surface area contributed by atoms with E-state index in [9.17, 15) is 9.18 Å². The van der Waals surface area contributed by atoms with Crippen LogP contribution in [0.25, 0.3) is 0 Å². The molecule has 0 saturated heterocycles. The quantitative estimate of drug-likeness (QED) is 0.714. The van der Waals surface area contributed by atoms with Crippen molar-refractivity contribution in [2.75, 3.05) is 0 Å². The molecule has 1 N–H and O–H groups in total. The number of aliphatic carboxylic acids is 1. The minimum atomic E-state index is -0.790. The maximum Gasteiger partial charge on any atom is 0.303 e. The monoisotopic (exact) mass is 300 g/mol. The van der Waals surface area contributed by atoms with Crippen LogP contribution >= 0.6 is 0 Å². The van der Waals surface area contributed by atoms with E-state index >= 15 is 0 Å². The third kappa shape index (κ3) is 21.1. The Morgan fingerprint density at radius 2 is 1.43 bits per heavy atom. The van der Waals surface area contributed by atoms with Crippen LogP contribution in [-0.2, 0) is 11.2 Å². The Balaban J connectivity index is -0.000000343. The highest BCUT2D eigenvalue weighted by Gasteiger charge is 1.98. The molecule has 1 rings (SSSR count). The lowest BCUT2D eigenvalue weighted by Gasteiger charge is -1.98. The van der Waals surface area contributed by atoms with E-state index < -0.39 is 5.97 Å². The van der Waals surface area contributed by atoms with Gasteiger partial charge in [-0.1, -0.05) is 66.5 Å². The molecule has 3 heteroatoms. The molecule has 0 unspecified atom stereocenters. The summed E-state index contributed by atoms with van der Waals surface area (Å²) in [4.78, 5) is 10.2. The van der Waals surface area contributed by atoms with Gasteiger partial charge in [-0.25, -0.2) is 4.39 Å². The molecular formula is C18H33FO2. The van der Waals surface area contributed by atoms with Crippen molar-refractivity contribution in [3.05, 3.63) is 35.6 Å². The number of halogens is 1. The van der Waals surface area contributed by atoms with Gasteiger partial charge >= 0.3 is 5.97 Å². The first-order valence-corrected chi connectivity index (χ1v) is 8.06. The second-order valence-electron chi connectivity index (χ2n) is 3.87. The second-order valence-corrected chi connectivity index (χ2v) is 3.87. The van der Waals surface area contributed by atoms with Crippen LogP contribution in [-0.4, -0.2) is 11.1 Å². The molecule has 0 fully saturated rings. The molecule has 0 amide bonds. The standard InChI is InChI=1S/C10H11FO2.C4H10.2C2H6/c11-9-6-4-8(5-7-9)2-1-3-10(12)13;1-3-4-2;2*1-2/h4-7H,1-3H2,(H,12,13);3-4H2,1-2H3;2*1-2H3. The van der Waals surface area contributed by atoms with E-state index in [-0.39, 0.29) is 12.2 Å². The number of hydrogen-bond donors (Lipinski definition) is 1. The normalized spacial score (nSPS) is 8.14. The molecule has 0 spiro atoms. The van der Waals surface area contributed by atoms with E-state index in [1.165, 1.54) is 25.0 Å². The largest absolute Gasteiger partial charge is 0.481 e. The molecule has 0 aromatic heterocycles. The van der Waals surface area contributed by atoms with E-state index in [0.29, 0.717) is 12.8 Å². The van der Waals surface area contributed by atoms with Gasteiger partial charge in [0.2, 0.25) is 0 Å². The van der Waals surface area contributed by atoms with Crippen LogP contribution in [0.15, 0.2) is 24.3 Å². The Kier molecular flexibility index (Phi) is 24.5. The second kappa shape index (κ2) is 20.9. The predicted octanol–water partition coefficient (Wildman–Crippen LogP) is 6.09. The van der Waals surface area contributed by atoms with Gasteiger partial charge in [0.25, 0.3) is 0 Å². The summed E-state index contributed by atoms with van der Waals surface area (Å²) in [5.74, 6) is -1.05. The summed E-state index contributed by atoms with van der Waals surface area (Å²) >= 11 is 0. The van der Waals surface area contributed by atoms with Crippen LogP contribution < -0.4 is 0 Å². The van der Waals surface area contributed by atoms with Gasteiger partial charge in [-0.3, -0.25) is 4.79 Å². The summed E-state index contributed by atoms with van der Waals surface area (Å²) in [6.07, 6.45) is 4.09. The number of carboxylic acids is 1. The average Bonchev–Trinajstić information content (AvgIpc) is 2.53. The highest BCUT2D eigenvalue weighted by Crippen LogP contribution is 2.06. The van der Waals surface area contributed by atoms with Crippen molar-refractivity contribution in [2.45, 2.75) is 73.6 Å². The van der Waals surface area contributed by atoms with Gasteiger partial charge in [0.15, 0.2) is 0 Å². The molecule has 2 nitrogen and oxygen atoms in total. The fourth-order valence-electron chi connectivity index (χ4n) is 1.09. The summed E-state index contributed by atoms with van der Waals surface area (Å²) in [5.41, 5.74) is 0.975. The fourth-order valence-corrected chi connectivity index (χ4v) is 1.09. The van der Waals surface area contributed by atoms with E-state index in [4.69, 9.17) is 5.11 Å². The maximum absolute atomic E-state index is 12.4. The van der Waals surface area contributed by atoms with Crippen LogP contribution in [0.5, 0.6) is 0 Å². The van der Waals surface area contributed by atoms with Gasteiger partial charge in [-0.15, -0.1) is 0 Å². The van der Waals surface area contributed by atoms with Crippen LogP contribution in [0.4, 0.5) is 4.39 Å². The maximum atomic E-state index is 12.4. The zero-order valence-corrected chi connectivity index (χ0v) is 14.6. The van der Waals surface area contributed by atoms with Crippen molar-refractivity contribution in [2.24, 2.45) is 0 Å². The van der Waals surface area contributed by atoms with Crippen LogP contribution in [0, 0.1) is 5.82 Å². The van der Waals surface area contributed by atoms with E-state index in [1.54, 1.807) is 12.1 Å². The molecule has 0 bridgehead atoms. The Morgan fingerprint density at radius 3 is 1.76 bits per heavy atom. The fraction of sp³-hybridized carbons (Fsp3) is 0.611. The molecule has 21 heavy (non-hydrogen) atoms. The topological polar surface area (TPSA) is 37.3 Å². The van der Waals surface area contributed by atoms with Crippen LogP contribution in [0.1, 0.15) is 72.8 Å². The minimum absolute atomic E-state index is 0.164. The van der Waals surface area contributed by atoms with Gasteiger partial charge in [0, 0.05) is 6.42 Å². The third-order valence-electron chi connectivity index (χ3n) is 2.27. The van der Waals surface area contributed by atoms with Crippen LogP contribution in [0.2, 0.25) is 0 Å². The Hall–Kier alpha value is -1.38. The Labute approximate surface area is 130 Å². The number of hydrogen-bond acceptors (Lipinski definition) is 1. The number of carboxylic acid groups (broad SMARTS) is 1. The summed E-state index contributed by atoms with van der Waals surface area (Å²) in [7, 11) is 0. The molecule has 0 heterocycles. The molecule has 1 aromatic carbocycles. The van der Waals surface area contributed by atoms with Crippen molar-refractivity contribution >= 4 is 5.97 Å². The average molecular weight is 300 g/mol. The SMILES string of the molecule is CC.CC.CCCC.O=C(O)CCCc1ccc(F)cc1. The summed E-state index contributed by atoms with van der Waals surface area (Å²) in [5, 5.41) is 8.38. The first-order chi connectivity index (χ1) is 10.1. The molecule has 0 aliphatic heterocycles. The molecule has 0 aliphatic carbocycles. The van der Waals surface area contributed by atoms with Crippen LogP contribution in [0.3, 0.4) is 0 Å². The van der Waals surface area contributed by atoms with Crippen molar-refractivity contribution in [3.8, 4) is 0 Å². The number of carbonyl (C=O) groups is 1. The van der Waals surface area contributed by atoms with Crippen molar-refractivity contribution < 1.29 is 14.3 Å². The Morgan fingerprint density at radius 1 is 1.00 bits per heavy atom. The first-order valence-electron chi connectivity index (χ1n) is 8.06. The zero-order chi connectivity index (χ0) is 17.1. The predicted molar refractivity (Wildman–Crippen MR) is 90.3 cm³/mol. The molecule has 0 aliphatic rings. The lowest BCUT2D eigenvalue weighted by atomic mass is 10.1. The minimum Gasteiger partial charge on any atom is -0.481 e. The van der Waals surface area contributed by atoms with Gasteiger partial charge in [-0.05, 0) is 30.5 Å². The highest BCUT2D eigenvalue weighted by molar-refractivity contribution is 5.66. The van der Waals surface area contributed by atoms with Gasteiger partial charge in [-0.2, -0.15) is 0 Å². The number of aryl methyl sites for hydroxylation is 1. The number of unbranched alkanes of at least 4 members (excludes halogenated alkanes) is 1. The number of rotatable bonds is 5. The molecular weight excluding hydrogens is 267 g/mol. The van der Waals surface area contributed by atoms with E-state index in [1.807, 2.05) is 27.7 Å². The first kappa shape index (κ1) is 24.6. The van der Waals surface area contributed by atoms with Gasteiger partial charge < -0.3 is 5.11 Å². The zero-order valence-electron chi connectivity index (χ0n) is 14.6. The molecule has 0 saturated carbocycles. The molecule has 124 valence electrons. The molecule has 0 radical (unpaired) electrons. The third-order valence-corrected chi connectivity index (χ3v) is 2.27. The smallest absolute Gasteiger partial charge is 0.303 e. The summed E-state index contributed by atoms with van der Waals surface area (Å²) in [6.45, 7) is 12.4. The van der Waals surface area contributed by atoms with E-state index in [0.717, 1.165) is 5.56 Å². The van der Waals surface area contributed by atoms with E-state index in [2.05, 4.69) is 13.8 Å². The van der Waals surface area contributed by atoms with Crippen molar-refractivity contribution in [3.63, 3.8) is 0 Å². The van der Waals surface area contributed by atoms with Gasteiger partial charge in [0.1, 0.15) is 5.82 Å². The lowest BCUT2D eigenvalue weighted by Crippen LogP contribution is -1.95. The highest BCUT2D eigenvalue weighted by atomic mass is 19.1. The number of benzene rings is 1. The Bertz CT molecular complexity index is 305. The summed E-state index contributed by atoms with van der Waals surface area (Å²) in [6, 6.07) is 6.13. The van der Waals surface area contributed by atoms with Gasteiger partial charge in [0.05, 0.1) is 0 Å². The molecule has 0 atom stereocenters. The lowest BCUT2D eigenvalue weighted by molar-refractivity contribution is -0.137. The van der Waals surface area contributed by atoms with Crippen molar-refractivity contribution in [1.29, 1.82) is 0 Å². The van der Waals surface area contributed by atoms with Crippen molar-refractivity contribution in [1.82, 2.24) is 0 Å².